The fraction of sp³-hybridized carbons (Fsp3) is 0. The van der Waals surface area contributed by atoms with Gasteiger partial charge in [0.2, 0.25) is 0 Å². The number of nitrogens with zero attached hydrogens (tertiary/aromatic N) is 1. The second-order valence-corrected chi connectivity index (χ2v) is 1.97. The Kier molecular flexibility index (Phi) is 4.09. The number of hydrogen-bond donors (Lipinski definition) is 0. The number of hydrogen-bond acceptors (Lipinski definition) is 5. The van der Waals surface area contributed by atoms with E-state index in [0.717, 1.165) is 12.3 Å². The molecule has 1 radical (unpaired) electrons. The van der Waals surface area contributed by atoms with Gasteiger partial charge < -0.3 is 19.8 Å². The van der Waals surface area contributed by atoms with Crippen LogP contribution in [-0.4, -0.2) is 16.9 Å². The van der Waals surface area contributed by atoms with Crippen LogP contribution in [0.5, 0.6) is 0 Å². The maximum atomic E-state index is 10.3. The van der Waals surface area contributed by atoms with Gasteiger partial charge in [0, 0.05) is 11.8 Å². The van der Waals surface area contributed by atoms with E-state index in [4.69, 9.17) is 0 Å². The van der Waals surface area contributed by atoms with Crippen molar-refractivity contribution in [2.75, 3.05) is 0 Å². The van der Waals surface area contributed by atoms with Crippen LogP contribution in [-0.2, 0) is 16.8 Å². The van der Waals surface area contributed by atoms with Crippen LogP contribution < -0.4 is 10.2 Å². The molecular weight excluding hydrogens is 221 g/mol. The van der Waals surface area contributed by atoms with Gasteiger partial charge in [0.15, 0.2) is 0 Å². The Morgan fingerprint density at radius 2 is 1.85 bits per heavy atom. The van der Waals surface area contributed by atoms with Crippen molar-refractivity contribution in [3.63, 3.8) is 0 Å². The zero-order valence-corrected chi connectivity index (χ0v) is 7.19. The molecule has 69 valence electrons. The molecule has 13 heavy (non-hydrogen) atoms. The molecule has 1 rings (SSSR count). The topological polar surface area (TPSA) is 93.2 Å². The van der Waals surface area contributed by atoms with Gasteiger partial charge in [-0.05, 0) is 12.1 Å². The van der Waals surface area contributed by atoms with Gasteiger partial charge in [-0.25, -0.2) is 0 Å². The predicted molar refractivity (Wildman–Crippen MR) is 32.9 cm³/mol. The van der Waals surface area contributed by atoms with E-state index in [0.29, 0.717) is 0 Å². The van der Waals surface area contributed by atoms with Gasteiger partial charge in [-0.15, -0.1) is 0 Å². The summed E-state index contributed by atoms with van der Waals surface area (Å²) in [6.45, 7) is 0. The van der Waals surface area contributed by atoms with E-state index in [1.807, 2.05) is 0 Å². The molecule has 0 saturated carbocycles. The Morgan fingerprint density at radius 1 is 1.23 bits per heavy atom. The Morgan fingerprint density at radius 3 is 2.23 bits per heavy atom. The molecule has 0 N–H and O–H groups in total. The van der Waals surface area contributed by atoms with E-state index < -0.39 is 23.2 Å². The monoisotopic (exact) mass is 224 g/mol. The van der Waals surface area contributed by atoms with Crippen LogP contribution >= 0.6 is 0 Å². The minimum atomic E-state index is -1.63. The van der Waals surface area contributed by atoms with Gasteiger partial charge in [-0.2, -0.15) is 0 Å². The first-order valence-corrected chi connectivity index (χ1v) is 3.00. The van der Waals surface area contributed by atoms with E-state index >= 15 is 0 Å². The Balaban J connectivity index is 0.00000144. The van der Waals surface area contributed by atoms with Crippen LogP contribution in [0.4, 0.5) is 0 Å². The van der Waals surface area contributed by atoms with Crippen molar-refractivity contribution in [1.29, 1.82) is 0 Å². The standard InChI is InChI=1S/C7H5NO4.Co/c9-6(10)4-2-1-3-8-5(4)7(11)12;/h1-3H,(H,9,10)(H,11,12);/q;+2/p-2. The minimum Gasteiger partial charge on any atom is -0.545 e. The van der Waals surface area contributed by atoms with Crippen LogP contribution in [0.2, 0.25) is 0 Å². The Labute approximate surface area is 83.6 Å². The molecule has 6 heteroatoms. The van der Waals surface area contributed by atoms with Gasteiger partial charge >= 0.3 is 16.8 Å². The van der Waals surface area contributed by atoms with Crippen LogP contribution in [0, 0.1) is 0 Å². The number of pyridine rings is 1. The molecule has 0 bridgehead atoms. The van der Waals surface area contributed by atoms with Crippen LogP contribution in [0.1, 0.15) is 20.8 Å². The maximum Gasteiger partial charge on any atom is 2.00 e. The molecule has 0 unspecified atom stereocenters. The number of aromatic nitrogens is 1. The fourth-order valence-corrected chi connectivity index (χ4v) is 0.733. The van der Waals surface area contributed by atoms with Crippen LogP contribution in [0.25, 0.3) is 0 Å². The summed E-state index contributed by atoms with van der Waals surface area (Å²) in [6, 6.07) is 2.39. The second-order valence-electron chi connectivity index (χ2n) is 1.97. The maximum absolute atomic E-state index is 10.3. The van der Waals surface area contributed by atoms with Crippen molar-refractivity contribution < 1.29 is 36.6 Å². The Bertz CT molecular complexity index is 306. The number of aromatic carboxylic acids is 2. The van der Waals surface area contributed by atoms with E-state index in [2.05, 4.69) is 4.98 Å². The van der Waals surface area contributed by atoms with Gasteiger partial charge in [0.05, 0.1) is 17.6 Å². The molecule has 0 aliphatic carbocycles. The molecule has 0 spiro atoms. The van der Waals surface area contributed by atoms with Crippen molar-refractivity contribution in [3.8, 4) is 0 Å². The van der Waals surface area contributed by atoms with Gasteiger partial charge in [-0.3, -0.25) is 4.98 Å². The predicted octanol–water partition coefficient (Wildman–Crippen LogP) is -2.19. The molecule has 0 aliphatic heterocycles. The molecular formula is C7H3CoNO4. The first-order valence-electron chi connectivity index (χ1n) is 3.00. The fourth-order valence-electron chi connectivity index (χ4n) is 0.733. The average Bonchev–Trinajstić information content (AvgIpc) is 2.04. The smallest absolute Gasteiger partial charge is 0.545 e. The summed E-state index contributed by atoms with van der Waals surface area (Å²) in [4.78, 5) is 23.9. The normalized spacial score (nSPS) is 8.62. The van der Waals surface area contributed by atoms with Crippen molar-refractivity contribution in [3.05, 3.63) is 29.6 Å². The molecule has 0 aliphatic rings. The number of carboxylic acids is 2. The van der Waals surface area contributed by atoms with Crippen LogP contribution in [0.3, 0.4) is 0 Å². The molecule has 1 aromatic heterocycles. The van der Waals surface area contributed by atoms with Gasteiger partial charge in [0.25, 0.3) is 0 Å². The van der Waals surface area contributed by atoms with Gasteiger partial charge in [0.1, 0.15) is 0 Å². The van der Waals surface area contributed by atoms with Crippen molar-refractivity contribution in [2.45, 2.75) is 0 Å². The molecule has 0 saturated heterocycles. The first-order chi connectivity index (χ1) is 5.63. The summed E-state index contributed by atoms with van der Waals surface area (Å²) in [5.41, 5.74) is -1.09. The summed E-state index contributed by atoms with van der Waals surface area (Å²) >= 11 is 0. The van der Waals surface area contributed by atoms with Crippen molar-refractivity contribution in [2.24, 2.45) is 0 Å². The molecule has 0 amide bonds. The van der Waals surface area contributed by atoms with Crippen molar-refractivity contribution in [1.82, 2.24) is 4.98 Å². The number of carbonyl (C=O) groups is 2. The summed E-state index contributed by atoms with van der Waals surface area (Å²) in [6.07, 6.45) is 1.16. The average molecular weight is 224 g/mol. The summed E-state index contributed by atoms with van der Waals surface area (Å²) < 4.78 is 0. The molecule has 0 atom stereocenters. The Hall–Kier alpha value is -1.40. The third-order valence-electron chi connectivity index (χ3n) is 1.22. The molecule has 5 nitrogen and oxygen atoms in total. The quantitative estimate of drug-likeness (QED) is 0.568. The molecule has 0 fully saturated rings. The largest absolute Gasteiger partial charge is 2.00 e. The van der Waals surface area contributed by atoms with E-state index in [1.54, 1.807) is 0 Å². The van der Waals surface area contributed by atoms with Gasteiger partial charge in [-0.1, -0.05) is 0 Å². The first kappa shape index (κ1) is 11.6. The molecule has 0 aromatic carbocycles. The van der Waals surface area contributed by atoms with E-state index in [1.165, 1.54) is 6.07 Å². The zero-order valence-electron chi connectivity index (χ0n) is 6.15. The number of carboxylic acid groups (broad SMARTS) is 2. The SMILES string of the molecule is O=C([O-])c1cccnc1C(=O)[O-].[Co+2]. The number of carbonyl (C=O) groups excluding carboxylic acids is 2. The van der Waals surface area contributed by atoms with Crippen molar-refractivity contribution >= 4 is 11.9 Å². The van der Waals surface area contributed by atoms with E-state index in [9.17, 15) is 19.8 Å². The summed E-state index contributed by atoms with van der Waals surface area (Å²) in [5.74, 6) is -3.21. The third-order valence-corrected chi connectivity index (χ3v) is 1.22. The summed E-state index contributed by atoms with van der Waals surface area (Å²) in [5, 5.41) is 20.5. The minimum absolute atomic E-state index is 0. The van der Waals surface area contributed by atoms with Crippen LogP contribution in [0.15, 0.2) is 18.3 Å². The number of rotatable bonds is 2. The second kappa shape index (κ2) is 4.58. The zero-order chi connectivity index (χ0) is 9.14. The third kappa shape index (κ3) is 2.53. The molecule has 1 heterocycles. The van der Waals surface area contributed by atoms with E-state index in [-0.39, 0.29) is 16.8 Å². The summed E-state index contributed by atoms with van der Waals surface area (Å²) in [7, 11) is 0. The molecule has 1 aromatic rings.